The van der Waals surface area contributed by atoms with E-state index < -0.39 is 0 Å². The highest BCUT2D eigenvalue weighted by Crippen LogP contribution is 2.32. The van der Waals surface area contributed by atoms with E-state index in [4.69, 9.17) is 0 Å². The number of hydrogen-bond acceptors (Lipinski definition) is 3. The summed E-state index contributed by atoms with van der Waals surface area (Å²) in [5.41, 5.74) is 3.51. The average Bonchev–Trinajstić information content (AvgIpc) is 3.17. The maximum absolute atomic E-state index is 12.8. The molecule has 1 aliphatic heterocycles. The van der Waals surface area contributed by atoms with Crippen molar-refractivity contribution in [3.05, 3.63) is 65.9 Å². The third-order valence-electron chi connectivity index (χ3n) is 5.67. The summed E-state index contributed by atoms with van der Waals surface area (Å²) in [5, 5.41) is 4.16. The Kier molecular flexibility index (Phi) is 5.86. The van der Waals surface area contributed by atoms with Crippen LogP contribution in [-0.4, -0.2) is 53.8 Å². The highest BCUT2D eigenvalue weighted by Gasteiger charge is 2.27. The summed E-state index contributed by atoms with van der Waals surface area (Å²) in [5.74, 6) is -0.145. The molecule has 1 aliphatic rings. The van der Waals surface area contributed by atoms with Crippen LogP contribution in [0.5, 0.6) is 0 Å². The minimum Gasteiger partial charge on any atom is -0.357 e. The van der Waals surface area contributed by atoms with Crippen molar-refractivity contribution in [2.24, 2.45) is 0 Å². The maximum atomic E-state index is 12.8. The zero-order chi connectivity index (χ0) is 21.1. The van der Waals surface area contributed by atoms with Crippen molar-refractivity contribution in [2.75, 3.05) is 32.5 Å². The summed E-state index contributed by atoms with van der Waals surface area (Å²) in [6, 6.07) is 17.8. The Morgan fingerprint density at radius 1 is 1.10 bits per heavy atom. The SMILES string of the molecule is CN(C)C(=O)c1cccc(NC(=O)CN2CCCCC2c2cc3ccccc3[nH]2)c1. The molecular weight excluding hydrogens is 376 g/mol. The van der Waals surface area contributed by atoms with Crippen LogP contribution in [0.2, 0.25) is 0 Å². The number of fused-ring (bicyclic) bond motifs is 1. The number of benzene rings is 2. The van der Waals surface area contributed by atoms with Crippen LogP contribution < -0.4 is 5.32 Å². The Morgan fingerprint density at radius 2 is 1.93 bits per heavy atom. The first-order chi connectivity index (χ1) is 14.5. The lowest BCUT2D eigenvalue weighted by atomic mass is 9.99. The van der Waals surface area contributed by atoms with Gasteiger partial charge >= 0.3 is 0 Å². The van der Waals surface area contributed by atoms with Gasteiger partial charge in [0.25, 0.3) is 5.91 Å². The van der Waals surface area contributed by atoms with Crippen LogP contribution >= 0.6 is 0 Å². The molecule has 1 saturated heterocycles. The maximum Gasteiger partial charge on any atom is 0.253 e. The summed E-state index contributed by atoms with van der Waals surface area (Å²) >= 11 is 0. The van der Waals surface area contributed by atoms with Gasteiger partial charge in [0.15, 0.2) is 0 Å². The number of likely N-dealkylation sites (tertiary alicyclic amines) is 1. The largest absolute Gasteiger partial charge is 0.357 e. The predicted octanol–water partition coefficient (Wildman–Crippen LogP) is 4.04. The standard InChI is InChI=1S/C24H28N4O2/c1-27(2)24(30)18-9-7-10-19(14-18)25-23(29)16-28-13-6-5-12-22(28)21-15-17-8-3-4-11-20(17)26-21/h3-4,7-11,14-15,22,26H,5-6,12-13,16H2,1-2H3,(H,25,29). The van der Waals surface area contributed by atoms with Crippen LogP contribution in [0.25, 0.3) is 10.9 Å². The van der Waals surface area contributed by atoms with E-state index in [1.807, 2.05) is 18.2 Å². The molecule has 0 saturated carbocycles. The number of carbonyl (C=O) groups is 2. The summed E-state index contributed by atoms with van der Waals surface area (Å²) in [6.45, 7) is 1.22. The van der Waals surface area contributed by atoms with Crippen molar-refractivity contribution in [1.82, 2.24) is 14.8 Å². The number of anilines is 1. The number of para-hydroxylation sites is 1. The van der Waals surface area contributed by atoms with Gasteiger partial charge in [-0.05, 0) is 55.1 Å². The first-order valence-electron chi connectivity index (χ1n) is 10.4. The summed E-state index contributed by atoms with van der Waals surface area (Å²) < 4.78 is 0. The fourth-order valence-electron chi connectivity index (χ4n) is 4.18. The van der Waals surface area contributed by atoms with Crippen molar-refractivity contribution in [2.45, 2.75) is 25.3 Å². The first kappa shape index (κ1) is 20.2. The topological polar surface area (TPSA) is 68.4 Å². The molecule has 4 rings (SSSR count). The smallest absolute Gasteiger partial charge is 0.253 e. The molecule has 6 nitrogen and oxygen atoms in total. The van der Waals surface area contributed by atoms with Crippen LogP contribution in [0.15, 0.2) is 54.6 Å². The second-order valence-electron chi connectivity index (χ2n) is 8.12. The highest BCUT2D eigenvalue weighted by molar-refractivity contribution is 5.97. The van der Waals surface area contributed by atoms with E-state index in [1.165, 1.54) is 16.0 Å². The number of carbonyl (C=O) groups excluding carboxylic acids is 2. The van der Waals surface area contributed by atoms with Crippen molar-refractivity contribution in [3.8, 4) is 0 Å². The van der Waals surface area contributed by atoms with Gasteiger partial charge in [0.2, 0.25) is 5.91 Å². The van der Waals surface area contributed by atoms with E-state index in [1.54, 1.807) is 32.3 Å². The van der Waals surface area contributed by atoms with E-state index in [0.29, 0.717) is 17.8 Å². The van der Waals surface area contributed by atoms with E-state index in [9.17, 15) is 9.59 Å². The lowest BCUT2D eigenvalue weighted by molar-refractivity contribution is -0.118. The first-order valence-corrected chi connectivity index (χ1v) is 10.4. The lowest BCUT2D eigenvalue weighted by Crippen LogP contribution is -2.39. The van der Waals surface area contributed by atoms with Crippen molar-refractivity contribution < 1.29 is 9.59 Å². The minimum absolute atomic E-state index is 0.0625. The van der Waals surface area contributed by atoms with Crippen LogP contribution in [-0.2, 0) is 4.79 Å². The lowest BCUT2D eigenvalue weighted by Gasteiger charge is -2.34. The number of nitrogens with zero attached hydrogens (tertiary/aromatic N) is 2. The number of rotatable bonds is 5. The van der Waals surface area contributed by atoms with Crippen LogP contribution in [0.4, 0.5) is 5.69 Å². The number of aromatic amines is 1. The van der Waals surface area contributed by atoms with Gasteiger partial charge in [-0.1, -0.05) is 30.7 Å². The molecule has 2 N–H and O–H groups in total. The molecule has 6 heteroatoms. The number of aromatic nitrogens is 1. The molecule has 1 aromatic heterocycles. The van der Waals surface area contributed by atoms with Crippen molar-refractivity contribution in [1.29, 1.82) is 0 Å². The molecule has 2 aromatic carbocycles. The van der Waals surface area contributed by atoms with E-state index in [0.717, 1.165) is 31.3 Å². The Balaban J connectivity index is 1.46. The molecular formula is C24H28N4O2. The Hall–Kier alpha value is -3.12. The number of amides is 2. The van der Waals surface area contributed by atoms with Gasteiger partial charge in [-0.15, -0.1) is 0 Å². The van der Waals surface area contributed by atoms with Gasteiger partial charge in [-0.3, -0.25) is 14.5 Å². The summed E-state index contributed by atoms with van der Waals surface area (Å²) in [7, 11) is 3.43. The third-order valence-corrected chi connectivity index (χ3v) is 5.67. The van der Waals surface area contributed by atoms with Gasteiger partial charge in [-0.2, -0.15) is 0 Å². The van der Waals surface area contributed by atoms with Crippen LogP contribution in [0.1, 0.15) is 41.4 Å². The fourth-order valence-corrected chi connectivity index (χ4v) is 4.18. The number of piperidine rings is 1. The monoisotopic (exact) mass is 404 g/mol. The molecule has 156 valence electrons. The van der Waals surface area contributed by atoms with E-state index in [-0.39, 0.29) is 17.9 Å². The zero-order valence-electron chi connectivity index (χ0n) is 17.5. The summed E-state index contributed by atoms with van der Waals surface area (Å²) in [4.78, 5) is 32.3. The van der Waals surface area contributed by atoms with Crippen LogP contribution in [0, 0.1) is 0 Å². The Labute approximate surface area is 176 Å². The number of nitrogens with one attached hydrogen (secondary N) is 2. The average molecular weight is 405 g/mol. The van der Waals surface area contributed by atoms with Gasteiger partial charge in [-0.25, -0.2) is 0 Å². The zero-order valence-corrected chi connectivity index (χ0v) is 17.5. The minimum atomic E-state index is -0.0824. The fraction of sp³-hybridized carbons (Fsp3) is 0.333. The molecule has 0 radical (unpaired) electrons. The van der Waals surface area contributed by atoms with Gasteiger partial charge in [0.05, 0.1) is 12.6 Å². The summed E-state index contributed by atoms with van der Waals surface area (Å²) in [6.07, 6.45) is 3.29. The normalized spacial score (nSPS) is 17.1. The quantitative estimate of drug-likeness (QED) is 0.674. The molecule has 2 amide bonds. The molecule has 1 fully saturated rings. The molecule has 0 aliphatic carbocycles. The van der Waals surface area contributed by atoms with Crippen LogP contribution in [0.3, 0.4) is 0 Å². The number of hydrogen-bond donors (Lipinski definition) is 2. The van der Waals surface area contributed by atoms with E-state index in [2.05, 4.69) is 33.4 Å². The number of H-pyrrole nitrogens is 1. The third kappa shape index (κ3) is 4.39. The van der Waals surface area contributed by atoms with Gasteiger partial charge in [0.1, 0.15) is 0 Å². The molecule has 2 heterocycles. The van der Waals surface area contributed by atoms with Gasteiger partial charge in [0, 0.05) is 36.6 Å². The van der Waals surface area contributed by atoms with E-state index >= 15 is 0 Å². The second-order valence-corrected chi connectivity index (χ2v) is 8.12. The molecule has 1 atom stereocenters. The molecule has 0 spiro atoms. The molecule has 30 heavy (non-hydrogen) atoms. The van der Waals surface area contributed by atoms with Crippen molar-refractivity contribution >= 4 is 28.4 Å². The van der Waals surface area contributed by atoms with Gasteiger partial charge < -0.3 is 15.2 Å². The van der Waals surface area contributed by atoms with Crippen molar-refractivity contribution in [3.63, 3.8) is 0 Å². The highest BCUT2D eigenvalue weighted by atomic mass is 16.2. The Morgan fingerprint density at radius 3 is 2.73 bits per heavy atom. The Bertz CT molecular complexity index is 1020. The molecule has 0 bridgehead atoms. The molecule has 3 aromatic rings. The predicted molar refractivity (Wildman–Crippen MR) is 120 cm³/mol. The second kappa shape index (κ2) is 8.71. The molecule has 1 unspecified atom stereocenters.